The van der Waals surface area contributed by atoms with E-state index < -0.39 is 5.60 Å². The molecule has 2 fully saturated rings. The van der Waals surface area contributed by atoms with Crippen molar-refractivity contribution < 1.29 is 9.90 Å². The van der Waals surface area contributed by atoms with Crippen LogP contribution in [0.2, 0.25) is 0 Å². The zero-order chi connectivity index (χ0) is 13.7. The maximum absolute atomic E-state index is 12.0. The lowest BCUT2D eigenvalue weighted by atomic mass is 9.94. The highest BCUT2D eigenvalue weighted by molar-refractivity contribution is 5.78. The molecular weight excluding hydrogens is 240 g/mol. The van der Waals surface area contributed by atoms with Crippen molar-refractivity contribution in [2.24, 2.45) is 0 Å². The van der Waals surface area contributed by atoms with Gasteiger partial charge >= 0.3 is 0 Å². The van der Waals surface area contributed by atoms with Crippen molar-refractivity contribution in [3.05, 3.63) is 0 Å². The summed E-state index contributed by atoms with van der Waals surface area (Å²) in [5, 5.41) is 13.1. The van der Waals surface area contributed by atoms with Crippen LogP contribution in [0.15, 0.2) is 0 Å². The Morgan fingerprint density at radius 1 is 1.21 bits per heavy atom. The summed E-state index contributed by atoms with van der Waals surface area (Å²) in [6.07, 6.45) is 8.94. The first kappa shape index (κ1) is 14.8. The number of likely N-dealkylation sites (tertiary alicyclic amines) is 1. The second-order valence-corrected chi connectivity index (χ2v) is 6.53. The van der Waals surface area contributed by atoms with E-state index in [1.165, 1.54) is 25.7 Å². The van der Waals surface area contributed by atoms with Gasteiger partial charge in [-0.05, 0) is 32.6 Å². The van der Waals surface area contributed by atoms with Crippen molar-refractivity contribution >= 4 is 5.91 Å². The molecule has 2 N–H and O–H groups in total. The number of hydrogen-bond acceptors (Lipinski definition) is 3. The highest BCUT2D eigenvalue weighted by Crippen LogP contribution is 2.21. The molecule has 1 saturated carbocycles. The summed E-state index contributed by atoms with van der Waals surface area (Å²) in [5.74, 6) is 0.161. The molecule has 1 aliphatic heterocycles. The molecule has 1 heterocycles. The van der Waals surface area contributed by atoms with E-state index in [2.05, 4.69) is 10.2 Å². The second kappa shape index (κ2) is 6.71. The number of nitrogens with one attached hydrogen (secondary N) is 1. The minimum absolute atomic E-state index is 0.161. The number of piperidine rings is 1. The quantitative estimate of drug-likeness (QED) is 0.766. The number of rotatable bonds is 3. The summed E-state index contributed by atoms with van der Waals surface area (Å²) in [4.78, 5) is 14.2. The van der Waals surface area contributed by atoms with Crippen molar-refractivity contribution in [2.45, 2.75) is 69.9 Å². The van der Waals surface area contributed by atoms with Crippen LogP contribution in [0.1, 0.15) is 58.3 Å². The molecule has 1 aliphatic carbocycles. The van der Waals surface area contributed by atoms with Crippen molar-refractivity contribution in [3.8, 4) is 0 Å². The van der Waals surface area contributed by atoms with E-state index in [0.29, 0.717) is 12.6 Å². The van der Waals surface area contributed by atoms with Crippen LogP contribution in [0.25, 0.3) is 0 Å². The minimum Gasteiger partial charge on any atom is -0.390 e. The highest BCUT2D eigenvalue weighted by atomic mass is 16.3. The molecule has 0 aromatic rings. The maximum atomic E-state index is 12.0. The molecule has 4 nitrogen and oxygen atoms in total. The van der Waals surface area contributed by atoms with Gasteiger partial charge in [-0.25, -0.2) is 0 Å². The van der Waals surface area contributed by atoms with Crippen LogP contribution in [-0.2, 0) is 4.79 Å². The van der Waals surface area contributed by atoms with E-state index in [4.69, 9.17) is 0 Å². The number of hydrogen-bond donors (Lipinski definition) is 2. The highest BCUT2D eigenvalue weighted by Gasteiger charge is 2.28. The van der Waals surface area contributed by atoms with Gasteiger partial charge in [0.1, 0.15) is 0 Å². The number of carbonyl (C=O) groups is 1. The molecule has 0 atom stereocenters. The van der Waals surface area contributed by atoms with E-state index in [-0.39, 0.29) is 5.91 Å². The summed E-state index contributed by atoms with van der Waals surface area (Å²) >= 11 is 0. The second-order valence-electron chi connectivity index (χ2n) is 6.53. The van der Waals surface area contributed by atoms with Gasteiger partial charge in [-0.15, -0.1) is 0 Å². The van der Waals surface area contributed by atoms with Gasteiger partial charge in [-0.2, -0.15) is 0 Å². The summed E-state index contributed by atoms with van der Waals surface area (Å²) in [6, 6.07) is 0.392. The first-order chi connectivity index (χ1) is 9.05. The van der Waals surface area contributed by atoms with E-state index in [0.717, 1.165) is 38.8 Å². The number of nitrogens with zero attached hydrogens (tertiary/aromatic N) is 1. The van der Waals surface area contributed by atoms with Crippen LogP contribution < -0.4 is 5.32 Å². The molecule has 2 aliphatic rings. The van der Waals surface area contributed by atoms with Crippen LogP contribution in [-0.4, -0.2) is 47.2 Å². The summed E-state index contributed by atoms with van der Waals surface area (Å²) in [6.45, 7) is 4.03. The zero-order valence-corrected chi connectivity index (χ0v) is 12.2. The fraction of sp³-hybridized carbons (Fsp3) is 0.933. The van der Waals surface area contributed by atoms with Crippen LogP contribution in [0, 0.1) is 0 Å². The van der Waals surface area contributed by atoms with Gasteiger partial charge in [0.15, 0.2) is 0 Å². The summed E-state index contributed by atoms with van der Waals surface area (Å²) in [5.41, 5.74) is -0.533. The lowest BCUT2D eigenvalue weighted by molar-refractivity contribution is -0.124. The Morgan fingerprint density at radius 3 is 2.37 bits per heavy atom. The molecule has 1 amide bonds. The average molecular weight is 268 g/mol. The molecule has 0 unspecified atom stereocenters. The predicted molar refractivity (Wildman–Crippen MR) is 75.9 cm³/mol. The van der Waals surface area contributed by atoms with E-state index in [9.17, 15) is 9.90 Å². The van der Waals surface area contributed by atoms with Gasteiger partial charge in [0, 0.05) is 19.1 Å². The van der Waals surface area contributed by atoms with Gasteiger partial charge in [0.05, 0.1) is 12.1 Å². The smallest absolute Gasteiger partial charge is 0.234 e. The third-order valence-electron chi connectivity index (χ3n) is 4.52. The van der Waals surface area contributed by atoms with Crippen LogP contribution in [0.3, 0.4) is 0 Å². The first-order valence-electron chi connectivity index (χ1n) is 7.79. The third kappa shape index (κ3) is 5.11. The van der Waals surface area contributed by atoms with Crippen molar-refractivity contribution in [2.75, 3.05) is 19.6 Å². The van der Waals surface area contributed by atoms with Crippen molar-refractivity contribution in [1.82, 2.24) is 10.2 Å². The first-order valence-corrected chi connectivity index (χ1v) is 7.79. The molecule has 2 rings (SSSR count). The van der Waals surface area contributed by atoms with Crippen LogP contribution in [0.4, 0.5) is 0 Å². The Hall–Kier alpha value is -0.610. The fourth-order valence-electron chi connectivity index (χ4n) is 3.09. The summed E-state index contributed by atoms with van der Waals surface area (Å²) in [7, 11) is 0. The van der Waals surface area contributed by atoms with Crippen molar-refractivity contribution in [3.63, 3.8) is 0 Å². The Labute approximate surface area is 116 Å². The Bertz CT molecular complexity index is 287. The van der Waals surface area contributed by atoms with Gasteiger partial charge in [0.2, 0.25) is 5.91 Å². The molecule has 0 aromatic carbocycles. The fourth-order valence-corrected chi connectivity index (χ4v) is 3.09. The molecule has 0 spiro atoms. The molecule has 0 aromatic heterocycles. The SMILES string of the molecule is CC1(O)CCN(CC(=O)NC2CCCCCC2)CC1. The molecule has 1 saturated heterocycles. The lowest BCUT2D eigenvalue weighted by Crippen LogP contribution is -2.47. The molecule has 4 heteroatoms. The van der Waals surface area contributed by atoms with E-state index >= 15 is 0 Å². The standard InChI is InChI=1S/C15H28N2O2/c1-15(19)8-10-17(11-9-15)12-14(18)16-13-6-4-2-3-5-7-13/h13,19H,2-12H2,1H3,(H,16,18). The molecule has 19 heavy (non-hydrogen) atoms. The molecular formula is C15H28N2O2. The maximum Gasteiger partial charge on any atom is 0.234 e. The van der Waals surface area contributed by atoms with E-state index in [1.54, 1.807) is 0 Å². The van der Waals surface area contributed by atoms with Crippen molar-refractivity contribution in [1.29, 1.82) is 0 Å². The normalized spacial score (nSPS) is 25.8. The predicted octanol–water partition coefficient (Wildman–Crippen LogP) is 1.67. The average Bonchev–Trinajstić information content (AvgIpc) is 2.60. The van der Waals surface area contributed by atoms with Crippen LogP contribution >= 0.6 is 0 Å². The summed E-state index contributed by atoms with van der Waals surface area (Å²) < 4.78 is 0. The molecule has 0 radical (unpaired) electrons. The number of aliphatic hydroxyl groups is 1. The zero-order valence-electron chi connectivity index (χ0n) is 12.2. The van der Waals surface area contributed by atoms with Gasteiger partial charge in [-0.3, -0.25) is 9.69 Å². The van der Waals surface area contributed by atoms with Gasteiger partial charge in [-0.1, -0.05) is 25.7 Å². The van der Waals surface area contributed by atoms with Gasteiger partial charge in [0.25, 0.3) is 0 Å². The molecule has 110 valence electrons. The van der Waals surface area contributed by atoms with Crippen LogP contribution in [0.5, 0.6) is 0 Å². The molecule has 0 bridgehead atoms. The topological polar surface area (TPSA) is 52.6 Å². The minimum atomic E-state index is -0.533. The van der Waals surface area contributed by atoms with Gasteiger partial charge < -0.3 is 10.4 Å². The largest absolute Gasteiger partial charge is 0.390 e. The number of amides is 1. The lowest BCUT2D eigenvalue weighted by Gasteiger charge is -2.35. The number of carbonyl (C=O) groups excluding carboxylic acids is 1. The van der Waals surface area contributed by atoms with E-state index in [1.807, 2.05) is 6.92 Å². The monoisotopic (exact) mass is 268 g/mol. The Kier molecular flexibility index (Phi) is 5.22. The third-order valence-corrected chi connectivity index (χ3v) is 4.52. The Balaban J connectivity index is 1.69. The Morgan fingerprint density at radius 2 is 1.79 bits per heavy atom.